The lowest BCUT2D eigenvalue weighted by Crippen LogP contribution is -2.22. The third-order valence-electron chi connectivity index (χ3n) is 1.91. The monoisotopic (exact) mass is 209 g/mol. The predicted molar refractivity (Wildman–Crippen MR) is 60.8 cm³/mol. The molecular formula is C12H19NO2. The molecular weight excluding hydrogens is 190 g/mol. The third-order valence-corrected chi connectivity index (χ3v) is 1.91. The van der Waals surface area contributed by atoms with Crippen molar-refractivity contribution in [1.82, 2.24) is 0 Å². The van der Waals surface area contributed by atoms with Gasteiger partial charge in [-0.25, -0.2) is 0 Å². The van der Waals surface area contributed by atoms with Crippen molar-refractivity contribution >= 4 is 0 Å². The summed E-state index contributed by atoms with van der Waals surface area (Å²) in [5, 5.41) is 9.49. The molecule has 0 aliphatic rings. The molecule has 0 aliphatic heterocycles. The SMILES string of the molecule is CC(C)(C)Oc1ccc([C@@H](O)CN)cc1. The van der Waals surface area contributed by atoms with Crippen molar-refractivity contribution in [2.75, 3.05) is 6.54 Å². The van der Waals surface area contributed by atoms with E-state index in [9.17, 15) is 5.11 Å². The van der Waals surface area contributed by atoms with Crippen LogP contribution in [0.4, 0.5) is 0 Å². The maximum absolute atomic E-state index is 9.49. The van der Waals surface area contributed by atoms with Crippen LogP contribution < -0.4 is 10.5 Å². The zero-order valence-corrected chi connectivity index (χ0v) is 9.53. The van der Waals surface area contributed by atoms with Gasteiger partial charge in [-0.1, -0.05) is 12.1 Å². The lowest BCUT2D eigenvalue weighted by atomic mass is 10.1. The van der Waals surface area contributed by atoms with E-state index in [4.69, 9.17) is 10.5 Å². The average Bonchev–Trinajstić information content (AvgIpc) is 2.15. The molecule has 0 saturated carbocycles. The number of nitrogens with two attached hydrogens (primary N) is 1. The highest BCUT2D eigenvalue weighted by atomic mass is 16.5. The smallest absolute Gasteiger partial charge is 0.120 e. The number of aliphatic hydroxyl groups is 1. The molecule has 0 saturated heterocycles. The molecule has 0 aromatic heterocycles. The van der Waals surface area contributed by atoms with Crippen LogP contribution in [-0.4, -0.2) is 17.3 Å². The topological polar surface area (TPSA) is 55.5 Å². The minimum atomic E-state index is -0.589. The standard InChI is InChI=1S/C12H19NO2/c1-12(2,3)15-10-6-4-9(5-7-10)11(14)8-13/h4-7,11,14H,8,13H2,1-3H3/t11-/m0/s1. The predicted octanol–water partition coefficient (Wildman–Crippen LogP) is 1.86. The van der Waals surface area contributed by atoms with E-state index in [2.05, 4.69) is 0 Å². The summed E-state index contributed by atoms with van der Waals surface area (Å²) in [5.74, 6) is 0.801. The molecule has 0 heterocycles. The molecule has 1 atom stereocenters. The molecule has 1 aromatic rings. The first-order chi connectivity index (χ1) is 6.92. The molecule has 15 heavy (non-hydrogen) atoms. The minimum absolute atomic E-state index is 0.200. The van der Waals surface area contributed by atoms with Crippen LogP contribution in [0, 0.1) is 0 Å². The van der Waals surface area contributed by atoms with Gasteiger partial charge in [-0.2, -0.15) is 0 Å². The van der Waals surface area contributed by atoms with Gasteiger partial charge in [-0.05, 0) is 38.5 Å². The molecule has 84 valence electrons. The third kappa shape index (κ3) is 3.90. The second-order valence-corrected chi connectivity index (χ2v) is 4.53. The van der Waals surface area contributed by atoms with Crippen molar-refractivity contribution in [3.63, 3.8) is 0 Å². The largest absolute Gasteiger partial charge is 0.488 e. The fourth-order valence-corrected chi connectivity index (χ4v) is 1.25. The Morgan fingerprint density at radius 1 is 1.27 bits per heavy atom. The Kier molecular flexibility index (Phi) is 3.72. The normalized spacial score (nSPS) is 13.7. The van der Waals surface area contributed by atoms with Gasteiger partial charge in [0.25, 0.3) is 0 Å². The summed E-state index contributed by atoms with van der Waals surface area (Å²) in [6.07, 6.45) is -0.589. The molecule has 0 amide bonds. The maximum Gasteiger partial charge on any atom is 0.120 e. The van der Waals surface area contributed by atoms with Crippen LogP contribution >= 0.6 is 0 Å². The van der Waals surface area contributed by atoms with E-state index < -0.39 is 6.10 Å². The van der Waals surface area contributed by atoms with Crippen LogP contribution in [0.3, 0.4) is 0 Å². The van der Waals surface area contributed by atoms with Crippen molar-refractivity contribution < 1.29 is 9.84 Å². The van der Waals surface area contributed by atoms with Crippen LogP contribution in [0.2, 0.25) is 0 Å². The van der Waals surface area contributed by atoms with E-state index in [0.717, 1.165) is 11.3 Å². The Morgan fingerprint density at radius 2 is 1.80 bits per heavy atom. The highest BCUT2D eigenvalue weighted by Crippen LogP contribution is 2.20. The summed E-state index contributed by atoms with van der Waals surface area (Å²) in [7, 11) is 0. The summed E-state index contributed by atoms with van der Waals surface area (Å²) in [6.45, 7) is 6.22. The average molecular weight is 209 g/mol. The van der Waals surface area contributed by atoms with E-state index in [1.165, 1.54) is 0 Å². The van der Waals surface area contributed by atoms with Crippen LogP contribution in [0.5, 0.6) is 5.75 Å². The lowest BCUT2D eigenvalue weighted by molar-refractivity contribution is 0.130. The molecule has 0 aliphatic carbocycles. The van der Waals surface area contributed by atoms with Gasteiger partial charge in [-0.15, -0.1) is 0 Å². The number of ether oxygens (including phenoxy) is 1. The highest BCUT2D eigenvalue weighted by molar-refractivity contribution is 5.29. The second kappa shape index (κ2) is 4.64. The summed E-state index contributed by atoms with van der Waals surface area (Å²) < 4.78 is 5.66. The Balaban J connectivity index is 2.72. The van der Waals surface area contributed by atoms with Crippen LogP contribution in [0.15, 0.2) is 24.3 Å². The zero-order valence-electron chi connectivity index (χ0n) is 9.53. The summed E-state index contributed by atoms with van der Waals surface area (Å²) in [5.41, 5.74) is 5.98. The van der Waals surface area contributed by atoms with Crippen molar-refractivity contribution in [3.05, 3.63) is 29.8 Å². The zero-order chi connectivity index (χ0) is 11.5. The number of aliphatic hydroxyl groups excluding tert-OH is 1. The van der Waals surface area contributed by atoms with Gasteiger partial charge in [0, 0.05) is 6.54 Å². The van der Waals surface area contributed by atoms with E-state index >= 15 is 0 Å². The Morgan fingerprint density at radius 3 is 2.20 bits per heavy atom. The van der Waals surface area contributed by atoms with Crippen molar-refractivity contribution in [3.8, 4) is 5.75 Å². The van der Waals surface area contributed by atoms with Crippen molar-refractivity contribution in [1.29, 1.82) is 0 Å². The molecule has 0 fully saturated rings. The molecule has 0 radical (unpaired) electrons. The summed E-state index contributed by atoms with van der Waals surface area (Å²) >= 11 is 0. The van der Waals surface area contributed by atoms with Gasteiger partial charge in [-0.3, -0.25) is 0 Å². The number of hydrogen-bond acceptors (Lipinski definition) is 3. The van der Waals surface area contributed by atoms with Gasteiger partial charge < -0.3 is 15.6 Å². The van der Waals surface area contributed by atoms with E-state index in [1.54, 1.807) is 0 Å². The van der Waals surface area contributed by atoms with Gasteiger partial charge in [0.15, 0.2) is 0 Å². The Bertz CT molecular complexity index is 300. The number of benzene rings is 1. The van der Waals surface area contributed by atoms with Gasteiger partial charge in [0.1, 0.15) is 11.4 Å². The quantitative estimate of drug-likeness (QED) is 0.798. The van der Waals surface area contributed by atoms with E-state index in [-0.39, 0.29) is 12.1 Å². The fourth-order valence-electron chi connectivity index (χ4n) is 1.25. The molecule has 1 rings (SSSR count). The van der Waals surface area contributed by atoms with Crippen LogP contribution in [0.25, 0.3) is 0 Å². The number of hydrogen-bond donors (Lipinski definition) is 2. The summed E-state index contributed by atoms with van der Waals surface area (Å²) in [4.78, 5) is 0. The first-order valence-electron chi connectivity index (χ1n) is 5.09. The van der Waals surface area contributed by atoms with Gasteiger partial charge in [0.05, 0.1) is 6.10 Å². The Labute approximate surface area is 90.9 Å². The molecule has 3 heteroatoms. The lowest BCUT2D eigenvalue weighted by Gasteiger charge is -2.21. The van der Waals surface area contributed by atoms with Crippen LogP contribution in [-0.2, 0) is 0 Å². The fraction of sp³-hybridized carbons (Fsp3) is 0.500. The highest BCUT2D eigenvalue weighted by Gasteiger charge is 2.12. The Hall–Kier alpha value is -1.06. The second-order valence-electron chi connectivity index (χ2n) is 4.53. The minimum Gasteiger partial charge on any atom is -0.488 e. The van der Waals surface area contributed by atoms with Crippen molar-refractivity contribution in [2.24, 2.45) is 5.73 Å². The molecule has 3 nitrogen and oxygen atoms in total. The molecule has 1 aromatic carbocycles. The van der Waals surface area contributed by atoms with E-state index in [1.807, 2.05) is 45.0 Å². The molecule has 3 N–H and O–H groups in total. The van der Waals surface area contributed by atoms with Crippen LogP contribution in [0.1, 0.15) is 32.4 Å². The molecule has 0 unspecified atom stereocenters. The first-order valence-corrected chi connectivity index (χ1v) is 5.09. The maximum atomic E-state index is 9.49. The molecule has 0 spiro atoms. The van der Waals surface area contributed by atoms with Gasteiger partial charge >= 0.3 is 0 Å². The first kappa shape index (κ1) is 12.0. The van der Waals surface area contributed by atoms with Gasteiger partial charge in [0.2, 0.25) is 0 Å². The van der Waals surface area contributed by atoms with E-state index in [0.29, 0.717) is 0 Å². The van der Waals surface area contributed by atoms with Crippen molar-refractivity contribution in [2.45, 2.75) is 32.5 Å². The summed E-state index contributed by atoms with van der Waals surface area (Å²) in [6, 6.07) is 7.36. The number of rotatable bonds is 3. The molecule has 0 bridgehead atoms.